The van der Waals surface area contributed by atoms with E-state index in [1.54, 1.807) is 18.4 Å². The highest BCUT2D eigenvalue weighted by atomic mass is 32.2. The van der Waals surface area contributed by atoms with E-state index in [2.05, 4.69) is 20.5 Å². The fraction of sp³-hybridized carbons (Fsp3) is 0.0625. The lowest BCUT2D eigenvalue weighted by molar-refractivity contribution is 0.620. The number of rotatable bonds is 4. The van der Waals surface area contributed by atoms with E-state index < -0.39 is 0 Å². The standard InChI is InChI=1S/C16H13N5OS/c1-23-16-19-18-14(12-8-4-2-5-9-12)15(22)21(16)20-17-13-10-6-3-7-11-13/h2-11H,1H3. The minimum Gasteiger partial charge on any atom is -0.265 e. The van der Waals surface area contributed by atoms with Crippen LogP contribution in [-0.4, -0.2) is 21.1 Å². The molecule has 0 radical (unpaired) electrons. The first-order chi connectivity index (χ1) is 11.3. The minimum atomic E-state index is -0.352. The maximum atomic E-state index is 12.7. The van der Waals surface area contributed by atoms with Crippen LogP contribution in [0.1, 0.15) is 0 Å². The lowest BCUT2D eigenvalue weighted by atomic mass is 10.2. The van der Waals surface area contributed by atoms with E-state index in [9.17, 15) is 4.79 Å². The van der Waals surface area contributed by atoms with Gasteiger partial charge in [0.05, 0.1) is 5.69 Å². The van der Waals surface area contributed by atoms with Crippen molar-refractivity contribution in [3.8, 4) is 11.3 Å². The molecule has 1 heterocycles. The summed E-state index contributed by atoms with van der Waals surface area (Å²) in [5, 5.41) is 16.6. The number of hydrogen-bond donors (Lipinski definition) is 0. The minimum absolute atomic E-state index is 0.246. The third-order valence-electron chi connectivity index (χ3n) is 3.05. The summed E-state index contributed by atoms with van der Waals surface area (Å²) in [7, 11) is 0. The van der Waals surface area contributed by atoms with Crippen molar-refractivity contribution in [3.63, 3.8) is 0 Å². The number of hydrogen-bond acceptors (Lipinski definition) is 6. The third kappa shape index (κ3) is 3.35. The average Bonchev–Trinajstić information content (AvgIpc) is 2.62. The lowest BCUT2D eigenvalue weighted by Gasteiger charge is -2.05. The van der Waals surface area contributed by atoms with Gasteiger partial charge < -0.3 is 0 Å². The molecular formula is C16H13N5OS. The zero-order valence-corrected chi connectivity index (χ0v) is 13.1. The molecule has 23 heavy (non-hydrogen) atoms. The normalized spacial score (nSPS) is 11.0. The predicted molar refractivity (Wildman–Crippen MR) is 89.9 cm³/mol. The van der Waals surface area contributed by atoms with Crippen LogP contribution in [0.25, 0.3) is 11.3 Å². The van der Waals surface area contributed by atoms with Gasteiger partial charge >= 0.3 is 5.56 Å². The molecule has 6 nitrogen and oxygen atoms in total. The molecule has 114 valence electrons. The Kier molecular flexibility index (Phi) is 4.58. The highest BCUT2D eigenvalue weighted by Gasteiger charge is 2.13. The van der Waals surface area contributed by atoms with Gasteiger partial charge in [0, 0.05) is 5.56 Å². The van der Waals surface area contributed by atoms with Gasteiger partial charge in [0.1, 0.15) is 0 Å². The van der Waals surface area contributed by atoms with Gasteiger partial charge in [0.15, 0.2) is 5.69 Å². The van der Waals surface area contributed by atoms with Crippen molar-refractivity contribution in [1.82, 2.24) is 14.9 Å². The molecule has 0 aliphatic heterocycles. The molecule has 0 spiro atoms. The molecule has 2 aromatic carbocycles. The van der Waals surface area contributed by atoms with Gasteiger partial charge in [-0.15, -0.1) is 20.0 Å². The van der Waals surface area contributed by atoms with Crippen LogP contribution in [0.2, 0.25) is 0 Å². The van der Waals surface area contributed by atoms with Crippen molar-refractivity contribution in [2.75, 3.05) is 6.26 Å². The predicted octanol–water partition coefficient (Wildman–Crippen LogP) is 3.57. The molecule has 0 atom stereocenters. The molecule has 0 unspecified atom stereocenters. The zero-order chi connectivity index (χ0) is 16.1. The van der Waals surface area contributed by atoms with Crippen molar-refractivity contribution < 1.29 is 0 Å². The highest BCUT2D eigenvalue weighted by molar-refractivity contribution is 7.98. The van der Waals surface area contributed by atoms with Crippen LogP contribution in [-0.2, 0) is 0 Å². The van der Waals surface area contributed by atoms with E-state index in [4.69, 9.17) is 0 Å². The Morgan fingerprint density at radius 1 is 0.957 bits per heavy atom. The fourth-order valence-corrected chi connectivity index (χ4v) is 2.35. The first-order valence-electron chi connectivity index (χ1n) is 6.86. The Balaban J connectivity index is 2.08. The van der Waals surface area contributed by atoms with Crippen molar-refractivity contribution in [2.24, 2.45) is 10.3 Å². The van der Waals surface area contributed by atoms with Crippen LogP contribution in [0.4, 0.5) is 5.69 Å². The van der Waals surface area contributed by atoms with Crippen molar-refractivity contribution in [1.29, 1.82) is 0 Å². The summed E-state index contributed by atoms with van der Waals surface area (Å²) in [6.07, 6.45) is 1.81. The molecule has 0 aliphatic carbocycles. The fourth-order valence-electron chi connectivity index (χ4n) is 1.94. The second-order valence-corrected chi connectivity index (χ2v) is 5.32. The van der Waals surface area contributed by atoms with Crippen LogP contribution in [0, 0.1) is 0 Å². The number of thioether (sulfide) groups is 1. The molecular weight excluding hydrogens is 310 g/mol. The quantitative estimate of drug-likeness (QED) is 0.543. The topological polar surface area (TPSA) is 72.5 Å². The first-order valence-corrected chi connectivity index (χ1v) is 8.08. The van der Waals surface area contributed by atoms with Gasteiger partial charge in [-0.25, -0.2) is 0 Å². The van der Waals surface area contributed by atoms with Gasteiger partial charge in [-0.1, -0.05) is 65.5 Å². The van der Waals surface area contributed by atoms with E-state index in [0.717, 1.165) is 0 Å². The Hall–Kier alpha value is -2.80. The van der Waals surface area contributed by atoms with Crippen LogP contribution in [0.3, 0.4) is 0 Å². The molecule has 0 bridgehead atoms. The summed E-state index contributed by atoms with van der Waals surface area (Å²) in [6.45, 7) is 0. The van der Waals surface area contributed by atoms with Crippen molar-refractivity contribution >= 4 is 17.4 Å². The second-order valence-electron chi connectivity index (χ2n) is 4.54. The van der Waals surface area contributed by atoms with Crippen LogP contribution in [0.15, 0.2) is 81.0 Å². The summed E-state index contributed by atoms with van der Waals surface area (Å²) in [5.74, 6) is 0. The molecule has 7 heteroatoms. The van der Waals surface area contributed by atoms with Gasteiger partial charge in [-0.05, 0) is 18.4 Å². The number of benzene rings is 2. The first kappa shape index (κ1) is 15.1. The van der Waals surface area contributed by atoms with Crippen LogP contribution < -0.4 is 5.56 Å². The smallest absolute Gasteiger partial charge is 0.265 e. The molecule has 0 fully saturated rings. The number of aromatic nitrogens is 3. The zero-order valence-electron chi connectivity index (χ0n) is 12.3. The third-order valence-corrected chi connectivity index (χ3v) is 3.67. The van der Waals surface area contributed by atoms with Gasteiger partial charge in [0.2, 0.25) is 5.16 Å². The molecule has 3 rings (SSSR count). The largest absolute Gasteiger partial charge is 0.303 e. The van der Waals surface area contributed by atoms with E-state index in [1.807, 2.05) is 48.5 Å². The second kappa shape index (κ2) is 6.97. The average molecular weight is 323 g/mol. The molecule has 0 N–H and O–H groups in total. The Morgan fingerprint density at radius 3 is 2.26 bits per heavy atom. The Bertz CT molecular complexity index is 878. The molecule has 1 aromatic heterocycles. The highest BCUT2D eigenvalue weighted by Crippen LogP contribution is 2.16. The molecule has 0 amide bonds. The van der Waals surface area contributed by atoms with Crippen LogP contribution >= 0.6 is 11.8 Å². The Morgan fingerprint density at radius 2 is 1.61 bits per heavy atom. The Labute approximate surface area is 136 Å². The SMILES string of the molecule is CSc1nnc(-c2ccccc2)c(=O)n1N=Nc1ccccc1. The molecule has 0 saturated heterocycles. The van der Waals surface area contributed by atoms with E-state index in [-0.39, 0.29) is 11.3 Å². The monoisotopic (exact) mass is 323 g/mol. The summed E-state index contributed by atoms with van der Waals surface area (Å²) in [4.78, 5) is 12.7. The summed E-state index contributed by atoms with van der Waals surface area (Å²) >= 11 is 1.28. The maximum absolute atomic E-state index is 12.7. The van der Waals surface area contributed by atoms with Crippen molar-refractivity contribution in [3.05, 3.63) is 71.0 Å². The lowest BCUT2D eigenvalue weighted by Crippen LogP contribution is -2.22. The van der Waals surface area contributed by atoms with Crippen molar-refractivity contribution in [2.45, 2.75) is 5.16 Å². The van der Waals surface area contributed by atoms with Crippen LogP contribution in [0.5, 0.6) is 0 Å². The molecule has 0 saturated carbocycles. The van der Waals surface area contributed by atoms with E-state index in [0.29, 0.717) is 16.4 Å². The van der Waals surface area contributed by atoms with E-state index in [1.165, 1.54) is 16.4 Å². The summed E-state index contributed by atoms with van der Waals surface area (Å²) < 4.78 is 1.17. The summed E-state index contributed by atoms with van der Waals surface area (Å²) in [6, 6.07) is 18.4. The summed E-state index contributed by atoms with van der Waals surface area (Å²) in [5.41, 5.74) is 1.25. The number of nitrogens with zero attached hydrogens (tertiary/aromatic N) is 5. The van der Waals surface area contributed by atoms with Gasteiger partial charge in [-0.3, -0.25) is 4.79 Å². The van der Waals surface area contributed by atoms with E-state index >= 15 is 0 Å². The van der Waals surface area contributed by atoms with Gasteiger partial charge in [0.25, 0.3) is 0 Å². The van der Waals surface area contributed by atoms with Gasteiger partial charge in [-0.2, -0.15) is 0 Å². The molecule has 3 aromatic rings. The molecule has 0 aliphatic rings. The maximum Gasteiger partial charge on any atom is 0.303 e.